The summed E-state index contributed by atoms with van der Waals surface area (Å²) < 4.78 is 0. The first kappa shape index (κ1) is 8.05. The van der Waals surface area contributed by atoms with Gasteiger partial charge in [0.05, 0.1) is 0 Å². The normalized spacial score (nSPS) is 27.7. The van der Waals surface area contributed by atoms with Crippen LogP contribution in [0.4, 0.5) is 0 Å². The minimum atomic E-state index is -0.112. The molecule has 2 aliphatic rings. The molecule has 0 bridgehead atoms. The molecule has 0 atom stereocenters. The highest BCUT2D eigenvalue weighted by Gasteiger charge is 2.41. The number of nitrogens with zero attached hydrogens (tertiary/aromatic N) is 1. The van der Waals surface area contributed by atoms with Gasteiger partial charge in [-0.15, -0.1) is 0 Å². The van der Waals surface area contributed by atoms with Crippen LogP contribution in [0, 0.1) is 5.92 Å². The maximum atomic E-state index is 11.6. The average Bonchev–Trinajstić information content (AvgIpc) is 1.77. The van der Waals surface area contributed by atoms with Crippen molar-refractivity contribution in [3.8, 4) is 0 Å². The summed E-state index contributed by atoms with van der Waals surface area (Å²) in [6, 6.07) is 0. The lowest BCUT2D eigenvalue weighted by Gasteiger charge is -2.47. The van der Waals surface area contributed by atoms with E-state index in [0.29, 0.717) is 11.8 Å². The zero-order valence-corrected chi connectivity index (χ0v) is 7.55. The van der Waals surface area contributed by atoms with E-state index in [1.807, 2.05) is 11.8 Å². The van der Waals surface area contributed by atoms with Gasteiger partial charge in [0.25, 0.3) is 0 Å². The lowest BCUT2D eigenvalue weighted by molar-refractivity contribution is -0.145. The van der Waals surface area contributed by atoms with E-state index in [1.54, 1.807) is 0 Å². The van der Waals surface area contributed by atoms with Gasteiger partial charge in [0, 0.05) is 24.5 Å². The molecule has 0 spiro atoms. The van der Waals surface area contributed by atoms with Crippen molar-refractivity contribution < 1.29 is 4.79 Å². The molecule has 0 unspecified atom stereocenters. The third-order valence-corrected chi connectivity index (χ3v) is 2.87. The number of nitrogens with two attached hydrogens (primary N) is 1. The summed E-state index contributed by atoms with van der Waals surface area (Å²) in [5.41, 5.74) is 5.70. The van der Waals surface area contributed by atoms with E-state index in [1.165, 1.54) is 6.42 Å². The van der Waals surface area contributed by atoms with Crippen molar-refractivity contribution in [2.75, 3.05) is 13.1 Å². The minimum Gasteiger partial charge on any atom is -0.339 e. The Morgan fingerprint density at radius 3 is 2.42 bits per heavy atom. The van der Waals surface area contributed by atoms with E-state index in [-0.39, 0.29) is 5.54 Å². The summed E-state index contributed by atoms with van der Waals surface area (Å²) in [6.45, 7) is 3.50. The number of carbonyl (C=O) groups is 1. The van der Waals surface area contributed by atoms with Crippen molar-refractivity contribution in [2.45, 2.75) is 31.7 Å². The van der Waals surface area contributed by atoms with Crippen LogP contribution >= 0.6 is 0 Å². The van der Waals surface area contributed by atoms with E-state index >= 15 is 0 Å². The Balaban J connectivity index is 1.83. The highest BCUT2D eigenvalue weighted by molar-refractivity contribution is 5.80. The second kappa shape index (κ2) is 2.46. The van der Waals surface area contributed by atoms with Crippen LogP contribution in [0.3, 0.4) is 0 Å². The first-order valence-corrected chi connectivity index (χ1v) is 4.66. The van der Waals surface area contributed by atoms with Crippen molar-refractivity contribution in [3.63, 3.8) is 0 Å². The van der Waals surface area contributed by atoms with Crippen LogP contribution in [-0.4, -0.2) is 29.4 Å². The van der Waals surface area contributed by atoms with Crippen LogP contribution in [0.5, 0.6) is 0 Å². The summed E-state index contributed by atoms with van der Waals surface area (Å²) in [4.78, 5) is 13.5. The molecule has 0 aromatic carbocycles. The monoisotopic (exact) mass is 168 g/mol. The molecule has 2 fully saturated rings. The lowest BCUT2D eigenvalue weighted by Crippen LogP contribution is -2.67. The van der Waals surface area contributed by atoms with Gasteiger partial charge in [-0.05, 0) is 19.8 Å². The molecule has 1 aliphatic carbocycles. The van der Waals surface area contributed by atoms with Gasteiger partial charge in [-0.3, -0.25) is 4.79 Å². The van der Waals surface area contributed by atoms with Gasteiger partial charge in [-0.25, -0.2) is 0 Å². The van der Waals surface area contributed by atoms with Crippen molar-refractivity contribution in [2.24, 2.45) is 11.7 Å². The molecular formula is C9H16N2O. The fourth-order valence-electron chi connectivity index (χ4n) is 1.89. The summed E-state index contributed by atoms with van der Waals surface area (Å²) in [5.74, 6) is 0.672. The van der Waals surface area contributed by atoms with Crippen LogP contribution in [-0.2, 0) is 4.79 Å². The third kappa shape index (κ3) is 1.22. The number of hydrogen-bond donors (Lipinski definition) is 1. The van der Waals surface area contributed by atoms with Gasteiger partial charge in [0.1, 0.15) is 0 Å². The summed E-state index contributed by atoms with van der Waals surface area (Å²) in [5, 5.41) is 0. The van der Waals surface area contributed by atoms with Crippen LogP contribution < -0.4 is 5.73 Å². The fraction of sp³-hybridized carbons (Fsp3) is 0.889. The first-order valence-electron chi connectivity index (χ1n) is 4.66. The average molecular weight is 168 g/mol. The molecule has 68 valence electrons. The Labute approximate surface area is 72.9 Å². The van der Waals surface area contributed by atoms with Crippen LogP contribution in [0.25, 0.3) is 0 Å². The van der Waals surface area contributed by atoms with Crippen molar-refractivity contribution >= 4 is 5.91 Å². The predicted molar refractivity (Wildman–Crippen MR) is 46.5 cm³/mol. The second-order valence-corrected chi connectivity index (χ2v) is 4.48. The Bertz CT molecular complexity index is 201. The molecule has 3 heteroatoms. The lowest BCUT2D eigenvalue weighted by atomic mass is 9.82. The highest BCUT2D eigenvalue weighted by Crippen LogP contribution is 2.31. The number of amides is 1. The molecule has 3 nitrogen and oxygen atoms in total. The number of likely N-dealkylation sites (tertiary alicyclic amines) is 1. The Morgan fingerprint density at radius 2 is 2.08 bits per heavy atom. The Kier molecular flexibility index (Phi) is 1.65. The first-order chi connectivity index (χ1) is 5.58. The quantitative estimate of drug-likeness (QED) is 0.614. The van der Waals surface area contributed by atoms with Gasteiger partial charge in [0.15, 0.2) is 0 Å². The molecule has 0 aromatic rings. The number of carbonyl (C=O) groups excluding carboxylic acids is 1. The molecule has 1 amide bonds. The van der Waals surface area contributed by atoms with Gasteiger partial charge in [0.2, 0.25) is 5.91 Å². The third-order valence-electron chi connectivity index (χ3n) is 2.87. The van der Waals surface area contributed by atoms with E-state index in [4.69, 9.17) is 5.73 Å². The zero-order valence-electron chi connectivity index (χ0n) is 7.55. The highest BCUT2D eigenvalue weighted by atomic mass is 16.2. The van der Waals surface area contributed by atoms with Crippen LogP contribution in [0.15, 0.2) is 0 Å². The Hall–Kier alpha value is -0.570. The molecule has 1 saturated heterocycles. The van der Waals surface area contributed by atoms with E-state index in [0.717, 1.165) is 25.9 Å². The van der Waals surface area contributed by atoms with Gasteiger partial charge >= 0.3 is 0 Å². The van der Waals surface area contributed by atoms with E-state index in [9.17, 15) is 4.79 Å². The molecule has 0 radical (unpaired) electrons. The van der Waals surface area contributed by atoms with Crippen LogP contribution in [0.2, 0.25) is 0 Å². The van der Waals surface area contributed by atoms with Gasteiger partial charge in [-0.1, -0.05) is 6.42 Å². The van der Waals surface area contributed by atoms with E-state index in [2.05, 4.69) is 0 Å². The van der Waals surface area contributed by atoms with Crippen molar-refractivity contribution in [1.82, 2.24) is 4.90 Å². The molecule has 12 heavy (non-hydrogen) atoms. The molecular weight excluding hydrogens is 152 g/mol. The smallest absolute Gasteiger partial charge is 0.225 e. The zero-order chi connectivity index (χ0) is 8.77. The van der Waals surface area contributed by atoms with Gasteiger partial charge < -0.3 is 10.6 Å². The fourth-order valence-corrected chi connectivity index (χ4v) is 1.89. The second-order valence-electron chi connectivity index (χ2n) is 4.48. The molecule has 1 saturated carbocycles. The maximum Gasteiger partial charge on any atom is 0.225 e. The minimum absolute atomic E-state index is 0.112. The van der Waals surface area contributed by atoms with Crippen LogP contribution in [0.1, 0.15) is 26.2 Å². The van der Waals surface area contributed by atoms with E-state index < -0.39 is 0 Å². The largest absolute Gasteiger partial charge is 0.339 e. The topological polar surface area (TPSA) is 46.3 Å². The summed E-state index contributed by atoms with van der Waals surface area (Å²) >= 11 is 0. The summed E-state index contributed by atoms with van der Waals surface area (Å²) in [6.07, 6.45) is 3.41. The Morgan fingerprint density at radius 1 is 1.50 bits per heavy atom. The van der Waals surface area contributed by atoms with Gasteiger partial charge in [-0.2, -0.15) is 0 Å². The van der Waals surface area contributed by atoms with Crippen molar-refractivity contribution in [3.05, 3.63) is 0 Å². The molecule has 1 aliphatic heterocycles. The number of rotatable bonds is 1. The molecule has 1 heterocycles. The SMILES string of the molecule is CC1(N)CN(C(=O)C2CCC2)C1. The predicted octanol–water partition coefficient (Wildman–Crippen LogP) is 0.346. The van der Waals surface area contributed by atoms with Crippen molar-refractivity contribution in [1.29, 1.82) is 0 Å². The standard InChI is InChI=1S/C9H16N2O/c1-9(10)5-11(6-9)8(12)7-3-2-4-7/h7H,2-6,10H2,1H3. The summed E-state index contributed by atoms with van der Waals surface area (Å²) in [7, 11) is 0. The molecule has 2 N–H and O–H groups in total. The molecule has 2 rings (SSSR count). The number of hydrogen-bond acceptors (Lipinski definition) is 2. The maximum absolute atomic E-state index is 11.6. The molecule has 0 aromatic heterocycles.